The highest BCUT2D eigenvalue weighted by atomic mass is 35.5. The monoisotopic (exact) mass is 408 g/mol. The molecule has 0 amide bonds. The average Bonchev–Trinajstić information content (AvgIpc) is 2.99. The van der Waals surface area contributed by atoms with Gasteiger partial charge in [-0.25, -0.2) is 0 Å². The van der Waals surface area contributed by atoms with Crippen LogP contribution in [0.25, 0.3) is 32.9 Å². The fourth-order valence-corrected chi connectivity index (χ4v) is 4.39. The molecule has 28 heavy (non-hydrogen) atoms. The molecule has 0 bridgehead atoms. The lowest BCUT2D eigenvalue weighted by Gasteiger charge is -2.16. The molecule has 0 aliphatic rings. The first kappa shape index (κ1) is 19.2. The summed E-state index contributed by atoms with van der Waals surface area (Å²) in [7, 11) is -1.10. The maximum Gasteiger partial charge on any atom is 0.123 e. The third kappa shape index (κ3) is 3.86. The minimum Gasteiger partial charge on any atom is -0.361 e. The number of fused-ring (bicyclic) bond motifs is 3. The van der Waals surface area contributed by atoms with Crippen LogP contribution in [-0.2, 0) is 11.5 Å². The van der Waals surface area contributed by atoms with Crippen molar-refractivity contribution in [3.8, 4) is 11.1 Å². The number of hydrogen-bond donors (Lipinski definition) is 0. The van der Waals surface area contributed by atoms with Gasteiger partial charge >= 0.3 is 0 Å². The quantitative estimate of drug-likeness (QED) is 0.258. The first-order valence-corrected chi connectivity index (χ1v) is 13.7. The second-order valence-electron chi connectivity index (χ2n) is 8.38. The van der Waals surface area contributed by atoms with Crippen LogP contribution in [0.5, 0.6) is 0 Å². The number of benzene rings is 2. The van der Waals surface area contributed by atoms with Crippen LogP contribution in [0.15, 0.2) is 60.9 Å². The summed E-state index contributed by atoms with van der Waals surface area (Å²) in [5, 5.41) is 3.17. The van der Waals surface area contributed by atoms with Gasteiger partial charge in [0, 0.05) is 42.2 Å². The number of aromatic nitrogens is 2. The zero-order valence-corrected chi connectivity index (χ0v) is 18.3. The largest absolute Gasteiger partial charge is 0.361 e. The van der Waals surface area contributed by atoms with Gasteiger partial charge in [0.15, 0.2) is 0 Å². The van der Waals surface area contributed by atoms with Gasteiger partial charge in [0.2, 0.25) is 0 Å². The maximum atomic E-state index is 6.09. The Bertz CT molecular complexity index is 1110. The van der Waals surface area contributed by atoms with Crippen molar-refractivity contribution in [1.82, 2.24) is 9.55 Å². The summed E-state index contributed by atoms with van der Waals surface area (Å²) in [5.41, 5.74) is 4.51. The lowest BCUT2D eigenvalue weighted by atomic mass is 10.0. The summed E-state index contributed by atoms with van der Waals surface area (Å²) >= 11 is 6.09. The molecule has 0 spiro atoms. The van der Waals surface area contributed by atoms with Crippen LogP contribution < -0.4 is 0 Å². The molecule has 0 saturated carbocycles. The zero-order chi connectivity index (χ0) is 19.7. The van der Waals surface area contributed by atoms with E-state index in [1.54, 1.807) is 0 Å². The lowest BCUT2D eigenvalue weighted by Crippen LogP contribution is -2.22. The average molecular weight is 409 g/mol. The Hall–Kier alpha value is -2.14. The summed E-state index contributed by atoms with van der Waals surface area (Å²) in [4.78, 5) is 4.53. The van der Waals surface area contributed by atoms with Gasteiger partial charge in [0.05, 0.1) is 17.2 Å². The molecule has 2 heterocycles. The van der Waals surface area contributed by atoms with Crippen molar-refractivity contribution in [3.05, 3.63) is 65.9 Å². The van der Waals surface area contributed by atoms with E-state index in [-0.39, 0.29) is 0 Å². The number of ether oxygens (including phenoxy) is 1. The first-order valence-electron chi connectivity index (χ1n) is 9.63. The molecule has 4 aromatic rings. The summed E-state index contributed by atoms with van der Waals surface area (Å²) < 4.78 is 8.32. The number of rotatable bonds is 6. The van der Waals surface area contributed by atoms with Crippen LogP contribution >= 0.6 is 11.6 Å². The molecule has 4 rings (SSSR count). The lowest BCUT2D eigenvalue weighted by molar-refractivity contribution is 0.0929. The highest BCUT2D eigenvalue weighted by Crippen LogP contribution is 2.36. The summed E-state index contributed by atoms with van der Waals surface area (Å²) in [6.07, 6.45) is 3.88. The predicted molar refractivity (Wildman–Crippen MR) is 122 cm³/mol. The third-order valence-electron chi connectivity index (χ3n) is 5.05. The van der Waals surface area contributed by atoms with E-state index in [4.69, 9.17) is 16.3 Å². The fourth-order valence-electron chi connectivity index (χ4n) is 3.51. The molecule has 2 aromatic heterocycles. The Labute approximate surface area is 171 Å². The van der Waals surface area contributed by atoms with Crippen molar-refractivity contribution in [1.29, 1.82) is 0 Å². The number of hydrogen-bond acceptors (Lipinski definition) is 2. The molecular formula is C23H25ClN2OSi. The zero-order valence-electron chi connectivity index (χ0n) is 16.6. The van der Waals surface area contributed by atoms with Crippen LogP contribution in [0.3, 0.4) is 0 Å². The van der Waals surface area contributed by atoms with E-state index in [1.165, 1.54) is 22.3 Å². The second-order valence-corrected chi connectivity index (χ2v) is 14.4. The van der Waals surface area contributed by atoms with E-state index in [1.807, 2.05) is 24.5 Å². The van der Waals surface area contributed by atoms with Gasteiger partial charge in [-0.1, -0.05) is 61.6 Å². The smallest absolute Gasteiger partial charge is 0.123 e. The van der Waals surface area contributed by atoms with Crippen molar-refractivity contribution < 1.29 is 4.74 Å². The summed E-state index contributed by atoms with van der Waals surface area (Å²) in [5.74, 6) is 0. The minimum atomic E-state index is -1.10. The highest BCUT2D eigenvalue weighted by Gasteiger charge is 2.16. The first-order chi connectivity index (χ1) is 13.4. The minimum absolute atomic E-state index is 0.542. The summed E-state index contributed by atoms with van der Waals surface area (Å²) in [6.45, 7) is 8.46. The van der Waals surface area contributed by atoms with Crippen LogP contribution in [0.2, 0.25) is 30.7 Å². The molecule has 0 saturated heterocycles. The van der Waals surface area contributed by atoms with E-state index < -0.39 is 8.07 Å². The topological polar surface area (TPSA) is 27.1 Å². The van der Waals surface area contributed by atoms with Gasteiger partial charge in [-0.2, -0.15) is 0 Å². The standard InChI is InChI=1S/C23H25ClN2OSi/c1-28(2,3)13-12-27-16-26-21-7-5-4-6-19(21)23-20(14-25-15-22(23)26)17-8-10-18(24)11-9-17/h4-11,14-15H,12-13,16H2,1-3H3. The van der Waals surface area contributed by atoms with Gasteiger partial charge in [-0.3, -0.25) is 4.98 Å². The molecule has 0 N–H and O–H groups in total. The number of nitrogens with zero attached hydrogens (tertiary/aromatic N) is 2. The molecule has 0 aliphatic carbocycles. The van der Waals surface area contributed by atoms with Crippen LogP contribution in [-0.4, -0.2) is 24.2 Å². The van der Waals surface area contributed by atoms with Crippen molar-refractivity contribution in [2.24, 2.45) is 0 Å². The third-order valence-corrected chi connectivity index (χ3v) is 7.01. The van der Waals surface area contributed by atoms with Gasteiger partial charge in [0.25, 0.3) is 0 Å². The maximum absolute atomic E-state index is 6.09. The molecule has 5 heteroatoms. The normalized spacial score (nSPS) is 12.1. The van der Waals surface area contributed by atoms with Crippen molar-refractivity contribution in [3.63, 3.8) is 0 Å². The number of pyridine rings is 1. The van der Waals surface area contributed by atoms with E-state index in [9.17, 15) is 0 Å². The predicted octanol–water partition coefficient (Wildman–Crippen LogP) is 6.82. The molecular weight excluding hydrogens is 384 g/mol. The molecule has 0 unspecified atom stereocenters. The SMILES string of the molecule is C[Si](C)(C)CCOCn1c2ccccc2c2c(-c3ccc(Cl)cc3)cncc21. The Kier molecular flexibility index (Phi) is 5.28. The van der Waals surface area contributed by atoms with Crippen molar-refractivity contribution >= 4 is 41.5 Å². The fraction of sp³-hybridized carbons (Fsp3) is 0.261. The molecule has 144 valence electrons. The van der Waals surface area contributed by atoms with Crippen LogP contribution in [0.4, 0.5) is 0 Å². The Morgan fingerprint density at radius 2 is 1.71 bits per heavy atom. The number of halogens is 1. The van der Waals surface area contributed by atoms with Gasteiger partial charge in [0.1, 0.15) is 6.73 Å². The molecule has 3 nitrogen and oxygen atoms in total. The van der Waals surface area contributed by atoms with E-state index >= 15 is 0 Å². The Morgan fingerprint density at radius 1 is 0.964 bits per heavy atom. The van der Waals surface area contributed by atoms with Gasteiger partial charge in [-0.05, 0) is 29.8 Å². The van der Waals surface area contributed by atoms with Crippen molar-refractivity contribution in [2.75, 3.05) is 6.61 Å². The highest BCUT2D eigenvalue weighted by molar-refractivity contribution is 6.76. The molecule has 2 aromatic carbocycles. The van der Waals surface area contributed by atoms with Crippen LogP contribution in [0.1, 0.15) is 0 Å². The summed E-state index contributed by atoms with van der Waals surface area (Å²) in [6, 6.07) is 17.6. The van der Waals surface area contributed by atoms with E-state index in [0.29, 0.717) is 6.73 Å². The second kappa shape index (κ2) is 7.70. The van der Waals surface area contributed by atoms with Gasteiger partial charge in [-0.15, -0.1) is 0 Å². The van der Waals surface area contributed by atoms with E-state index in [2.05, 4.69) is 65.6 Å². The molecule has 0 atom stereocenters. The number of para-hydroxylation sites is 1. The van der Waals surface area contributed by atoms with E-state index in [0.717, 1.165) is 28.3 Å². The Balaban J connectivity index is 1.79. The van der Waals surface area contributed by atoms with Gasteiger partial charge < -0.3 is 9.30 Å². The van der Waals surface area contributed by atoms with Crippen molar-refractivity contribution in [2.45, 2.75) is 32.4 Å². The molecule has 0 aliphatic heterocycles. The Morgan fingerprint density at radius 3 is 2.46 bits per heavy atom. The molecule has 0 radical (unpaired) electrons. The van der Waals surface area contributed by atoms with Crippen LogP contribution in [0, 0.1) is 0 Å². The molecule has 0 fully saturated rings.